The molecule has 0 N–H and O–H groups in total. The first-order valence-electron chi connectivity index (χ1n) is 15.1. The Morgan fingerprint density at radius 1 is 0.975 bits per heavy atom. The highest BCUT2D eigenvalue weighted by molar-refractivity contribution is 7.88. The van der Waals surface area contributed by atoms with Crippen LogP contribution < -0.4 is 4.74 Å². The minimum atomic E-state index is -3.16. The zero-order valence-electron chi connectivity index (χ0n) is 23.9. The van der Waals surface area contributed by atoms with Gasteiger partial charge in [-0.15, -0.1) is 0 Å². The average Bonchev–Trinajstić information content (AvgIpc) is 3.42. The number of sulfonamides is 1. The molecule has 0 saturated carbocycles. The smallest absolute Gasteiger partial charge is 0.257 e. The predicted octanol–water partition coefficient (Wildman–Crippen LogP) is 3.54. The molecule has 0 bridgehead atoms. The quantitative estimate of drug-likeness (QED) is 0.547. The van der Waals surface area contributed by atoms with Gasteiger partial charge in [0, 0.05) is 51.2 Å². The highest BCUT2D eigenvalue weighted by Crippen LogP contribution is 2.39. The third-order valence-electron chi connectivity index (χ3n) is 9.53. The summed E-state index contributed by atoms with van der Waals surface area (Å²) < 4.78 is 37.6. The normalized spacial score (nSPS) is 25.6. The van der Waals surface area contributed by atoms with Crippen LogP contribution in [0.4, 0.5) is 0 Å². The third-order valence-corrected chi connectivity index (χ3v) is 10.8. The number of hydrogen-bond acceptors (Lipinski definition) is 6. The van der Waals surface area contributed by atoms with E-state index in [9.17, 15) is 18.0 Å². The molecule has 40 heavy (non-hydrogen) atoms. The van der Waals surface area contributed by atoms with E-state index in [2.05, 4.69) is 0 Å². The molecular weight excluding hydrogens is 530 g/mol. The third kappa shape index (κ3) is 6.99. The van der Waals surface area contributed by atoms with Crippen molar-refractivity contribution in [1.29, 1.82) is 0 Å². The van der Waals surface area contributed by atoms with Gasteiger partial charge in [0.25, 0.3) is 5.91 Å². The first kappa shape index (κ1) is 29.3. The molecule has 1 aromatic carbocycles. The van der Waals surface area contributed by atoms with Crippen molar-refractivity contribution in [1.82, 2.24) is 14.1 Å². The van der Waals surface area contributed by atoms with Gasteiger partial charge in [-0.1, -0.05) is 18.6 Å². The first-order chi connectivity index (χ1) is 19.2. The van der Waals surface area contributed by atoms with Crippen LogP contribution in [0.25, 0.3) is 0 Å². The summed E-state index contributed by atoms with van der Waals surface area (Å²) >= 11 is 0. The van der Waals surface area contributed by atoms with Crippen molar-refractivity contribution in [2.24, 2.45) is 11.3 Å². The number of carbonyl (C=O) groups excluding carboxylic acids is 2. The van der Waals surface area contributed by atoms with E-state index in [0.717, 1.165) is 64.3 Å². The molecule has 5 rings (SSSR count). The van der Waals surface area contributed by atoms with E-state index in [-0.39, 0.29) is 29.2 Å². The van der Waals surface area contributed by atoms with Gasteiger partial charge in [0.05, 0.1) is 31.1 Å². The molecule has 0 aromatic heterocycles. The summed E-state index contributed by atoms with van der Waals surface area (Å²) in [4.78, 5) is 30.7. The number of rotatable bonds is 3. The maximum atomic E-state index is 13.5. The Kier molecular flexibility index (Phi) is 9.37. The number of carbonyl (C=O) groups is 2. The van der Waals surface area contributed by atoms with E-state index in [1.165, 1.54) is 10.6 Å². The molecule has 4 aliphatic heterocycles. The second-order valence-corrected chi connectivity index (χ2v) is 14.3. The molecule has 1 aromatic rings. The zero-order chi connectivity index (χ0) is 28.2. The van der Waals surface area contributed by atoms with Gasteiger partial charge in [0.15, 0.2) is 0 Å². The van der Waals surface area contributed by atoms with E-state index in [1.54, 1.807) is 0 Å². The van der Waals surface area contributed by atoms with Gasteiger partial charge < -0.3 is 19.3 Å². The molecule has 222 valence electrons. The van der Waals surface area contributed by atoms with Crippen LogP contribution in [-0.4, -0.2) is 99.2 Å². The second kappa shape index (κ2) is 12.8. The van der Waals surface area contributed by atoms with Crippen LogP contribution in [0.1, 0.15) is 74.6 Å². The number of fused-ring (bicyclic) bond motifs is 2. The molecule has 4 heterocycles. The van der Waals surface area contributed by atoms with Crippen molar-refractivity contribution in [2.45, 2.75) is 70.3 Å². The van der Waals surface area contributed by atoms with Gasteiger partial charge in [-0.2, -0.15) is 0 Å². The molecule has 4 aliphatic rings. The number of ether oxygens (including phenoxy) is 2. The molecule has 10 heteroatoms. The Morgan fingerprint density at radius 2 is 1.73 bits per heavy atom. The lowest BCUT2D eigenvalue weighted by atomic mass is 9.75. The van der Waals surface area contributed by atoms with Crippen molar-refractivity contribution in [2.75, 3.05) is 58.8 Å². The highest BCUT2D eigenvalue weighted by atomic mass is 32.2. The number of piperidine rings is 2. The number of para-hydroxylation sites is 1. The Hall–Kier alpha value is -2.17. The van der Waals surface area contributed by atoms with E-state index in [4.69, 9.17) is 9.47 Å². The molecular formula is C30H45N3O6S. The molecule has 1 atom stereocenters. The van der Waals surface area contributed by atoms with Crippen molar-refractivity contribution in [3.05, 3.63) is 29.8 Å². The van der Waals surface area contributed by atoms with Gasteiger partial charge in [-0.3, -0.25) is 9.59 Å². The Bertz CT molecular complexity index is 1140. The van der Waals surface area contributed by atoms with Crippen LogP contribution >= 0.6 is 0 Å². The highest BCUT2D eigenvalue weighted by Gasteiger charge is 2.38. The van der Waals surface area contributed by atoms with Crippen LogP contribution in [-0.2, 0) is 19.6 Å². The monoisotopic (exact) mass is 575 g/mol. The fourth-order valence-corrected chi connectivity index (χ4v) is 7.75. The molecule has 1 spiro atoms. The molecule has 2 amide bonds. The van der Waals surface area contributed by atoms with Crippen LogP contribution in [0.15, 0.2) is 24.3 Å². The number of benzene rings is 1. The minimum absolute atomic E-state index is 0.0237. The van der Waals surface area contributed by atoms with Gasteiger partial charge in [-0.05, 0) is 69.4 Å². The minimum Gasteiger partial charge on any atom is -0.492 e. The Balaban J connectivity index is 1.21. The van der Waals surface area contributed by atoms with Crippen molar-refractivity contribution >= 4 is 21.8 Å². The number of hydrogen-bond donors (Lipinski definition) is 0. The Morgan fingerprint density at radius 3 is 2.48 bits per heavy atom. The second-order valence-electron chi connectivity index (χ2n) is 12.3. The fourth-order valence-electron chi connectivity index (χ4n) is 6.87. The molecule has 3 saturated heterocycles. The van der Waals surface area contributed by atoms with Crippen LogP contribution in [0.3, 0.4) is 0 Å². The number of amides is 2. The van der Waals surface area contributed by atoms with Gasteiger partial charge >= 0.3 is 0 Å². The van der Waals surface area contributed by atoms with E-state index in [1.807, 2.05) is 34.1 Å². The summed E-state index contributed by atoms with van der Waals surface area (Å²) in [6.45, 7) is 5.00. The molecule has 3 fully saturated rings. The standard InChI is InChI=1S/C30H45N3O6S/c1-40(36,37)32-16-10-24(11-17-32)21-28(34)31-18-13-30(14-19-31)12-4-5-20-38-22-25-7-6-15-33(25)29(35)26-8-2-3-9-27(26)39-23-30/h2-3,8-9,24-25H,4-7,10-23H2,1H3/t25-/m0/s1. The van der Waals surface area contributed by atoms with Gasteiger partial charge in [0.2, 0.25) is 15.9 Å². The van der Waals surface area contributed by atoms with E-state index < -0.39 is 10.0 Å². The van der Waals surface area contributed by atoms with Crippen LogP contribution in [0.2, 0.25) is 0 Å². The summed E-state index contributed by atoms with van der Waals surface area (Å²) in [6, 6.07) is 7.73. The number of likely N-dealkylation sites (tertiary alicyclic amines) is 1. The lowest BCUT2D eigenvalue weighted by molar-refractivity contribution is -0.135. The summed E-state index contributed by atoms with van der Waals surface area (Å²) in [6.07, 6.45) is 9.98. The largest absolute Gasteiger partial charge is 0.492 e. The predicted molar refractivity (Wildman–Crippen MR) is 153 cm³/mol. The lowest BCUT2D eigenvalue weighted by Gasteiger charge is -2.42. The van der Waals surface area contributed by atoms with Crippen molar-refractivity contribution in [3.8, 4) is 5.75 Å². The SMILES string of the molecule is CS(=O)(=O)N1CCC(CC(=O)N2CCC3(CCCCOC[C@@H]4CCCN4C(=O)c4ccccc4OC3)CC2)CC1. The first-order valence-corrected chi connectivity index (χ1v) is 16.9. The van der Waals surface area contributed by atoms with E-state index in [0.29, 0.717) is 63.7 Å². The lowest BCUT2D eigenvalue weighted by Crippen LogP contribution is -2.46. The summed E-state index contributed by atoms with van der Waals surface area (Å²) in [5.74, 6) is 1.09. The van der Waals surface area contributed by atoms with Crippen molar-refractivity contribution in [3.63, 3.8) is 0 Å². The summed E-state index contributed by atoms with van der Waals surface area (Å²) in [5, 5.41) is 0. The zero-order valence-corrected chi connectivity index (χ0v) is 24.7. The molecule has 0 unspecified atom stereocenters. The maximum Gasteiger partial charge on any atom is 0.257 e. The Labute approximate surface area is 239 Å². The molecule has 9 nitrogen and oxygen atoms in total. The molecule has 0 aliphatic carbocycles. The maximum absolute atomic E-state index is 13.5. The summed E-state index contributed by atoms with van der Waals surface area (Å²) in [5.41, 5.74) is 0.574. The van der Waals surface area contributed by atoms with Crippen LogP contribution in [0.5, 0.6) is 5.75 Å². The van der Waals surface area contributed by atoms with Crippen molar-refractivity contribution < 1.29 is 27.5 Å². The molecule has 0 radical (unpaired) electrons. The van der Waals surface area contributed by atoms with Gasteiger partial charge in [-0.25, -0.2) is 12.7 Å². The van der Waals surface area contributed by atoms with Crippen LogP contribution in [0, 0.1) is 11.3 Å². The van der Waals surface area contributed by atoms with E-state index >= 15 is 0 Å². The van der Waals surface area contributed by atoms with Gasteiger partial charge in [0.1, 0.15) is 5.75 Å². The number of nitrogens with zero attached hydrogens (tertiary/aromatic N) is 3. The summed E-state index contributed by atoms with van der Waals surface area (Å²) in [7, 11) is -3.16. The fraction of sp³-hybridized carbons (Fsp3) is 0.733. The topological polar surface area (TPSA) is 96.5 Å². The average molecular weight is 576 g/mol.